The molecular weight excluding hydrogens is 340 g/mol. The number of nitrogens with zero attached hydrogens (tertiary/aromatic N) is 3. The minimum atomic E-state index is -0.358. The first-order valence-electron chi connectivity index (χ1n) is 7.14. The lowest BCUT2D eigenvalue weighted by Gasteiger charge is -2.25. The molecule has 1 aliphatic rings. The lowest BCUT2D eigenvalue weighted by molar-refractivity contribution is -0.131. The minimum absolute atomic E-state index is 0.0442. The Bertz CT molecular complexity index is 742. The fourth-order valence-electron chi connectivity index (χ4n) is 2.34. The van der Waals surface area contributed by atoms with Gasteiger partial charge in [0.1, 0.15) is 5.76 Å². The second-order valence-corrected chi connectivity index (χ2v) is 6.63. The number of amides is 2. The van der Waals surface area contributed by atoms with Crippen molar-refractivity contribution < 1.29 is 14.1 Å². The molecule has 0 unspecified atom stereocenters. The highest BCUT2D eigenvalue weighted by Gasteiger charge is 2.24. The average molecular weight is 355 g/mol. The largest absolute Gasteiger partial charge is 0.361 e. The Morgan fingerprint density at radius 3 is 3.04 bits per heavy atom. The van der Waals surface area contributed by atoms with Crippen molar-refractivity contribution in [2.75, 3.05) is 17.7 Å². The monoisotopic (exact) mass is 354 g/mol. The zero-order chi connectivity index (χ0) is 16.4. The van der Waals surface area contributed by atoms with Crippen LogP contribution in [-0.4, -0.2) is 39.3 Å². The van der Waals surface area contributed by atoms with Crippen LogP contribution in [0.1, 0.15) is 33.2 Å². The Morgan fingerprint density at radius 2 is 2.35 bits per heavy atom. The topological polar surface area (TPSA) is 88.3 Å². The van der Waals surface area contributed by atoms with Crippen LogP contribution in [-0.2, 0) is 17.8 Å². The van der Waals surface area contributed by atoms with Crippen LogP contribution in [0.3, 0.4) is 0 Å². The molecule has 0 fully saturated rings. The molecular formula is C14H15ClN4O3S. The van der Waals surface area contributed by atoms with E-state index in [-0.39, 0.29) is 17.5 Å². The molecule has 3 heterocycles. The smallest absolute Gasteiger partial charge is 0.279 e. The summed E-state index contributed by atoms with van der Waals surface area (Å²) in [7, 11) is 0. The summed E-state index contributed by atoms with van der Waals surface area (Å²) in [5, 5.41) is 6.90. The molecule has 3 rings (SSSR count). The van der Waals surface area contributed by atoms with Crippen LogP contribution >= 0.6 is 22.9 Å². The number of aromatic nitrogens is 2. The van der Waals surface area contributed by atoms with Gasteiger partial charge in [-0.2, -0.15) is 0 Å². The molecule has 9 heteroatoms. The van der Waals surface area contributed by atoms with Gasteiger partial charge in [0.25, 0.3) is 5.91 Å². The van der Waals surface area contributed by atoms with Crippen LogP contribution in [0.4, 0.5) is 5.13 Å². The van der Waals surface area contributed by atoms with Gasteiger partial charge in [0.05, 0.1) is 12.2 Å². The number of aryl methyl sites for hydroxylation is 1. The maximum absolute atomic E-state index is 12.1. The average Bonchev–Trinajstić information content (AvgIpc) is 3.12. The number of hydrogen-bond acceptors (Lipinski definition) is 6. The molecule has 0 saturated heterocycles. The number of thiazole rings is 1. The second-order valence-electron chi connectivity index (χ2n) is 5.17. The third-order valence-electron chi connectivity index (χ3n) is 3.47. The molecule has 0 saturated carbocycles. The Morgan fingerprint density at radius 1 is 1.52 bits per heavy atom. The van der Waals surface area contributed by atoms with Gasteiger partial charge in [-0.1, -0.05) is 16.5 Å². The molecule has 2 amide bonds. The summed E-state index contributed by atoms with van der Waals surface area (Å²) in [5.74, 6) is 0.580. The van der Waals surface area contributed by atoms with E-state index in [1.54, 1.807) is 17.9 Å². The van der Waals surface area contributed by atoms with Crippen molar-refractivity contribution in [1.29, 1.82) is 0 Å². The zero-order valence-electron chi connectivity index (χ0n) is 12.5. The van der Waals surface area contributed by atoms with E-state index < -0.39 is 0 Å². The number of carbonyl (C=O) groups is 2. The van der Waals surface area contributed by atoms with Crippen molar-refractivity contribution in [3.8, 4) is 0 Å². The molecule has 2 aromatic rings. The Hall–Kier alpha value is -1.93. The highest BCUT2D eigenvalue weighted by molar-refractivity contribution is 7.15. The molecule has 7 nitrogen and oxygen atoms in total. The van der Waals surface area contributed by atoms with E-state index in [1.807, 2.05) is 0 Å². The molecule has 122 valence electrons. The number of anilines is 1. The van der Waals surface area contributed by atoms with Gasteiger partial charge in [0.2, 0.25) is 5.91 Å². The van der Waals surface area contributed by atoms with Gasteiger partial charge in [0.15, 0.2) is 10.8 Å². The first-order valence-corrected chi connectivity index (χ1v) is 8.49. The molecule has 0 spiro atoms. The third kappa shape index (κ3) is 3.53. The summed E-state index contributed by atoms with van der Waals surface area (Å²) in [6, 6.07) is 1.56. The van der Waals surface area contributed by atoms with Gasteiger partial charge in [-0.3, -0.25) is 14.9 Å². The Kier molecular flexibility index (Phi) is 4.63. The van der Waals surface area contributed by atoms with E-state index in [0.29, 0.717) is 42.7 Å². The summed E-state index contributed by atoms with van der Waals surface area (Å²) in [6.45, 7) is 2.86. The molecule has 1 N–H and O–H groups in total. The van der Waals surface area contributed by atoms with E-state index in [1.165, 1.54) is 11.3 Å². The van der Waals surface area contributed by atoms with Crippen molar-refractivity contribution >= 4 is 39.9 Å². The van der Waals surface area contributed by atoms with Crippen LogP contribution in [0.15, 0.2) is 10.6 Å². The molecule has 2 aromatic heterocycles. The van der Waals surface area contributed by atoms with E-state index in [4.69, 9.17) is 16.1 Å². The summed E-state index contributed by atoms with van der Waals surface area (Å²) >= 11 is 6.99. The number of fused-ring (bicyclic) bond motifs is 1. The minimum Gasteiger partial charge on any atom is -0.361 e. The molecule has 1 aliphatic heterocycles. The van der Waals surface area contributed by atoms with Crippen molar-refractivity contribution in [3.63, 3.8) is 0 Å². The summed E-state index contributed by atoms with van der Waals surface area (Å²) in [4.78, 5) is 31.2. The lowest BCUT2D eigenvalue weighted by Crippen LogP contribution is -2.35. The van der Waals surface area contributed by atoms with Gasteiger partial charge >= 0.3 is 0 Å². The molecule has 0 radical (unpaired) electrons. The normalized spacial score (nSPS) is 13.7. The van der Waals surface area contributed by atoms with Crippen molar-refractivity contribution in [3.05, 3.63) is 28.1 Å². The Balaban J connectivity index is 1.68. The maximum Gasteiger partial charge on any atom is 0.279 e. The zero-order valence-corrected chi connectivity index (χ0v) is 14.0. The van der Waals surface area contributed by atoms with E-state index >= 15 is 0 Å². The van der Waals surface area contributed by atoms with Crippen LogP contribution < -0.4 is 5.32 Å². The van der Waals surface area contributed by atoms with Gasteiger partial charge in [0, 0.05) is 36.2 Å². The fourth-order valence-corrected chi connectivity index (χ4v) is 3.52. The highest BCUT2D eigenvalue weighted by Crippen LogP contribution is 2.28. The molecule has 0 aliphatic carbocycles. The maximum atomic E-state index is 12.1. The number of halogens is 1. The summed E-state index contributed by atoms with van der Waals surface area (Å²) in [5.41, 5.74) is 1.14. The van der Waals surface area contributed by atoms with Crippen LogP contribution in [0.5, 0.6) is 0 Å². The SMILES string of the molecule is Cc1cc(C(=O)Nc2nc3c(s2)CN(C(=O)CCCl)CC3)no1. The van der Waals surface area contributed by atoms with E-state index in [9.17, 15) is 9.59 Å². The molecule has 23 heavy (non-hydrogen) atoms. The Labute approximate surface area is 141 Å². The van der Waals surface area contributed by atoms with Gasteiger partial charge in [-0.15, -0.1) is 11.6 Å². The molecule has 0 aromatic carbocycles. The van der Waals surface area contributed by atoms with Crippen molar-refractivity contribution in [1.82, 2.24) is 15.0 Å². The first-order chi connectivity index (χ1) is 11.1. The van der Waals surface area contributed by atoms with E-state index in [2.05, 4.69) is 15.5 Å². The second kappa shape index (κ2) is 6.67. The van der Waals surface area contributed by atoms with Crippen LogP contribution in [0, 0.1) is 6.92 Å². The fraction of sp³-hybridized carbons (Fsp3) is 0.429. The molecule has 0 bridgehead atoms. The first kappa shape index (κ1) is 15.9. The summed E-state index contributed by atoms with van der Waals surface area (Å²) in [6.07, 6.45) is 1.02. The lowest BCUT2D eigenvalue weighted by atomic mass is 10.1. The third-order valence-corrected chi connectivity index (χ3v) is 4.66. The predicted octanol–water partition coefficient (Wildman–Crippen LogP) is 2.21. The molecule has 0 atom stereocenters. The van der Waals surface area contributed by atoms with Gasteiger partial charge < -0.3 is 9.42 Å². The van der Waals surface area contributed by atoms with Crippen molar-refractivity contribution in [2.24, 2.45) is 0 Å². The predicted molar refractivity (Wildman–Crippen MR) is 85.8 cm³/mol. The van der Waals surface area contributed by atoms with Crippen LogP contribution in [0.25, 0.3) is 0 Å². The van der Waals surface area contributed by atoms with Crippen LogP contribution in [0.2, 0.25) is 0 Å². The standard InChI is InChI=1S/C14H15ClN4O3S/c1-8-6-10(18-22-8)13(21)17-14-16-9-3-5-19(7-11(9)23-14)12(20)2-4-15/h6H,2-5,7H2,1H3,(H,16,17,21). The number of carbonyl (C=O) groups excluding carboxylic acids is 2. The van der Waals surface area contributed by atoms with Crippen molar-refractivity contribution in [2.45, 2.75) is 26.3 Å². The number of rotatable bonds is 4. The summed E-state index contributed by atoms with van der Waals surface area (Å²) < 4.78 is 4.89. The highest BCUT2D eigenvalue weighted by atomic mass is 35.5. The number of nitrogens with one attached hydrogen (secondary N) is 1. The van der Waals surface area contributed by atoms with Gasteiger partial charge in [-0.25, -0.2) is 4.98 Å². The quantitative estimate of drug-likeness (QED) is 0.850. The number of hydrogen-bond donors (Lipinski definition) is 1. The van der Waals surface area contributed by atoms with E-state index in [0.717, 1.165) is 10.6 Å². The van der Waals surface area contributed by atoms with Gasteiger partial charge in [-0.05, 0) is 6.92 Å². The number of alkyl halides is 1.